The highest BCUT2D eigenvalue weighted by Gasteiger charge is 1.97. The molecule has 0 saturated heterocycles. The molecule has 0 atom stereocenters. The molecule has 12 heavy (non-hydrogen) atoms. The first kappa shape index (κ1) is 9.30. The maximum atomic E-state index is 8.67. The molecule has 0 fully saturated rings. The summed E-state index contributed by atoms with van der Waals surface area (Å²) in [5.41, 5.74) is 1.91. The maximum Gasteiger partial charge on any atom is 0.0471 e. The molecule has 0 aromatic heterocycles. The fourth-order valence-corrected chi connectivity index (χ4v) is 1.18. The number of aliphatic hydroxyl groups excluding tert-OH is 1. The van der Waals surface area contributed by atoms with Gasteiger partial charge in [-0.25, -0.2) is 0 Å². The van der Waals surface area contributed by atoms with E-state index in [0.29, 0.717) is 11.4 Å². The molecule has 1 aromatic rings. The van der Waals surface area contributed by atoms with Crippen molar-refractivity contribution in [2.75, 3.05) is 6.61 Å². The molecule has 0 aliphatic carbocycles. The van der Waals surface area contributed by atoms with Crippen LogP contribution in [-0.2, 0) is 0 Å². The first-order chi connectivity index (χ1) is 5.74. The smallest absolute Gasteiger partial charge is 0.0471 e. The zero-order chi connectivity index (χ0) is 8.97. The van der Waals surface area contributed by atoms with Crippen LogP contribution < -0.4 is 0 Å². The minimum atomic E-state index is 0.130. The van der Waals surface area contributed by atoms with Crippen LogP contribution in [-0.4, -0.2) is 11.7 Å². The average Bonchev–Trinajstić information content (AvgIpc) is 2.05. The first-order valence-corrected chi connectivity index (χ1v) is 4.16. The van der Waals surface area contributed by atoms with Gasteiger partial charge >= 0.3 is 0 Å². The molecule has 1 N–H and O–H groups in total. The fraction of sp³-hybridized carbons (Fsp3) is 0.200. The summed E-state index contributed by atoms with van der Waals surface area (Å²) < 4.78 is 0. The van der Waals surface area contributed by atoms with E-state index in [0.717, 1.165) is 11.1 Å². The summed E-state index contributed by atoms with van der Waals surface area (Å²) in [6, 6.07) is 7.47. The van der Waals surface area contributed by atoms with Gasteiger partial charge in [-0.2, -0.15) is 0 Å². The summed E-state index contributed by atoms with van der Waals surface area (Å²) in [6.45, 7) is 3.97. The van der Waals surface area contributed by atoms with E-state index in [1.807, 2.05) is 24.3 Å². The normalized spacial score (nSPS) is 9.83. The van der Waals surface area contributed by atoms with Gasteiger partial charge in [0.1, 0.15) is 0 Å². The molecule has 0 saturated carbocycles. The van der Waals surface area contributed by atoms with Gasteiger partial charge in [0.15, 0.2) is 0 Å². The van der Waals surface area contributed by atoms with E-state index in [2.05, 4.69) is 6.58 Å². The fourth-order valence-electron chi connectivity index (χ4n) is 0.988. The number of halogens is 1. The van der Waals surface area contributed by atoms with Gasteiger partial charge in [0.25, 0.3) is 0 Å². The van der Waals surface area contributed by atoms with Crippen LogP contribution in [0.1, 0.15) is 12.0 Å². The number of aliphatic hydroxyl groups is 1. The van der Waals surface area contributed by atoms with Crippen molar-refractivity contribution in [1.29, 1.82) is 0 Å². The summed E-state index contributed by atoms with van der Waals surface area (Å²) >= 11 is 5.79. The van der Waals surface area contributed by atoms with E-state index in [1.54, 1.807) is 0 Å². The molecular weight excluding hydrogens is 172 g/mol. The Balaban J connectivity index is 2.81. The van der Waals surface area contributed by atoms with Gasteiger partial charge in [-0.3, -0.25) is 0 Å². The van der Waals surface area contributed by atoms with Crippen molar-refractivity contribution in [2.45, 2.75) is 6.42 Å². The Bertz CT molecular complexity index is 281. The molecule has 1 nitrogen and oxygen atoms in total. The lowest BCUT2D eigenvalue weighted by Gasteiger charge is -2.03. The molecule has 0 aliphatic rings. The molecule has 0 unspecified atom stereocenters. The Kier molecular flexibility index (Phi) is 3.32. The second-order valence-electron chi connectivity index (χ2n) is 2.59. The summed E-state index contributed by atoms with van der Waals surface area (Å²) in [4.78, 5) is 0. The zero-order valence-corrected chi connectivity index (χ0v) is 7.51. The topological polar surface area (TPSA) is 20.2 Å². The zero-order valence-electron chi connectivity index (χ0n) is 6.76. The van der Waals surface area contributed by atoms with Gasteiger partial charge < -0.3 is 5.11 Å². The largest absolute Gasteiger partial charge is 0.396 e. The van der Waals surface area contributed by atoms with Crippen molar-refractivity contribution in [3.63, 3.8) is 0 Å². The van der Waals surface area contributed by atoms with Crippen molar-refractivity contribution in [3.05, 3.63) is 41.4 Å². The number of hydrogen-bond donors (Lipinski definition) is 1. The van der Waals surface area contributed by atoms with Crippen LogP contribution in [0.4, 0.5) is 0 Å². The SMILES string of the molecule is C=C(CCO)c1cccc(Cl)c1. The van der Waals surface area contributed by atoms with Crippen molar-refractivity contribution in [3.8, 4) is 0 Å². The lowest BCUT2D eigenvalue weighted by molar-refractivity contribution is 0.305. The molecule has 0 spiro atoms. The van der Waals surface area contributed by atoms with Crippen molar-refractivity contribution in [1.82, 2.24) is 0 Å². The van der Waals surface area contributed by atoms with Gasteiger partial charge in [0.2, 0.25) is 0 Å². The summed E-state index contributed by atoms with van der Waals surface area (Å²) in [5.74, 6) is 0. The molecule has 1 rings (SSSR count). The van der Waals surface area contributed by atoms with E-state index < -0.39 is 0 Å². The molecule has 0 radical (unpaired) electrons. The predicted octanol–water partition coefficient (Wildman–Crippen LogP) is 2.74. The minimum Gasteiger partial charge on any atom is -0.396 e. The molecule has 64 valence electrons. The summed E-state index contributed by atoms with van der Waals surface area (Å²) in [6.07, 6.45) is 0.598. The van der Waals surface area contributed by atoms with Crippen LogP contribution in [0.25, 0.3) is 5.57 Å². The Hall–Kier alpha value is -0.790. The quantitative estimate of drug-likeness (QED) is 0.762. The van der Waals surface area contributed by atoms with Crippen molar-refractivity contribution >= 4 is 17.2 Å². The van der Waals surface area contributed by atoms with Gasteiger partial charge in [0, 0.05) is 11.6 Å². The van der Waals surface area contributed by atoms with E-state index >= 15 is 0 Å². The predicted molar refractivity (Wildman–Crippen MR) is 52.2 cm³/mol. The lowest BCUT2D eigenvalue weighted by Crippen LogP contribution is -1.86. The van der Waals surface area contributed by atoms with Crippen LogP contribution in [0.5, 0.6) is 0 Å². The minimum absolute atomic E-state index is 0.130. The molecule has 1 aromatic carbocycles. The summed E-state index contributed by atoms with van der Waals surface area (Å²) in [5, 5.41) is 9.37. The van der Waals surface area contributed by atoms with Gasteiger partial charge in [-0.1, -0.05) is 30.3 Å². The van der Waals surface area contributed by atoms with Crippen LogP contribution in [0.15, 0.2) is 30.8 Å². The highest BCUT2D eigenvalue weighted by atomic mass is 35.5. The van der Waals surface area contributed by atoms with Crippen LogP contribution >= 0.6 is 11.6 Å². The second kappa shape index (κ2) is 4.29. The Morgan fingerprint density at radius 2 is 2.25 bits per heavy atom. The number of benzene rings is 1. The second-order valence-corrected chi connectivity index (χ2v) is 3.02. The molecule has 0 heterocycles. The van der Waals surface area contributed by atoms with Crippen LogP contribution in [0.2, 0.25) is 5.02 Å². The Morgan fingerprint density at radius 1 is 1.50 bits per heavy atom. The Morgan fingerprint density at radius 3 is 2.83 bits per heavy atom. The standard InChI is InChI=1S/C10H11ClO/c1-8(5-6-12)9-3-2-4-10(11)7-9/h2-4,7,12H,1,5-6H2. The third-order valence-electron chi connectivity index (χ3n) is 1.65. The molecule has 0 bridgehead atoms. The van der Waals surface area contributed by atoms with E-state index in [9.17, 15) is 0 Å². The molecule has 2 heteroatoms. The highest BCUT2D eigenvalue weighted by Crippen LogP contribution is 2.19. The van der Waals surface area contributed by atoms with Crippen molar-refractivity contribution < 1.29 is 5.11 Å². The number of hydrogen-bond acceptors (Lipinski definition) is 1. The molecule has 0 aliphatic heterocycles. The highest BCUT2D eigenvalue weighted by molar-refractivity contribution is 6.30. The third kappa shape index (κ3) is 2.36. The van der Waals surface area contributed by atoms with Crippen molar-refractivity contribution in [2.24, 2.45) is 0 Å². The maximum absolute atomic E-state index is 8.67. The monoisotopic (exact) mass is 182 g/mol. The van der Waals surface area contributed by atoms with E-state index in [1.165, 1.54) is 0 Å². The number of rotatable bonds is 3. The van der Waals surface area contributed by atoms with Gasteiger partial charge in [-0.05, 0) is 29.7 Å². The van der Waals surface area contributed by atoms with Crippen LogP contribution in [0.3, 0.4) is 0 Å². The van der Waals surface area contributed by atoms with Crippen LogP contribution in [0, 0.1) is 0 Å². The molecule has 0 amide bonds. The lowest BCUT2D eigenvalue weighted by atomic mass is 10.1. The average molecular weight is 183 g/mol. The van der Waals surface area contributed by atoms with E-state index in [4.69, 9.17) is 16.7 Å². The Labute approximate surface area is 77.3 Å². The molecular formula is C10H11ClO. The van der Waals surface area contributed by atoms with E-state index in [-0.39, 0.29) is 6.61 Å². The third-order valence-corrected chi connectivity index (χ3v) is 1.88. The first-order valence-electron chi connectivity index (χ1n) is 3.78. The van der Waals surface area contributed by atoms with Gasteiger partial charge in [0.05, 0.1) is 0 Å². The summed E-state index contributed by atoms with van der Waals surface area (Å²) in [7, 11) is 0. The van der Waals surface area contributed by atoms with Gasteiger partial charge in [-0.15, -0.1) is 0 Å².